The fraction of sp³-hybridized carbons (Fsp3) is 0.462. The number of benzene rings is 1. The first kappa shape index (κ1) is 13.5. The Labute approximate surface area is 111 Å². The van der Waals surface area contributed by atoms with Crippen LogP contribution in [0.15, 0.2) is 18.2 Å². The number of anilines is 1. The Balaban J connectivity index is 2.02. The monoisotopic (exact) mass is 264 g/mol. The van der Waals surface area contributed by atoms with Gasteiger partial charge < -0.3 is 10.2 Å². The molecule has 0 unspecified atom stereocenters. The quantitative estimate of drug-likeness (QED) is 0.615. The molecule has 0 spiro atoms. The number of nitrogens with zero attached hydrogens (tertiary/aromatic N) is 1. The van der Waals surface area contributed by atoms with Crippen LogP contribution in [0.3, 0.4) is 0 Å². The summed E-state index contributed by atoms with van der Waals surface area (Å²) in [5.41, 5.74) is 1.35. The summed E-state index contributed by atoms with van der Waals surface area (Å²) in [6.07, 6.45) is 2.33. The highest BCUT2D eigenvalue weighted by Gasteiger charge is 2.19. The second-order valence-electron chi connectivity index (χ2n) is 4.94. The van der Waals surface area contributed by atoms with Crippen LogP contribution in [0.25, 0.3) is 0 Å². The average molecular weight is 264 g/mol. The molecular formula is C13H18N3O3+. The first-order valence-corrected chi connectivity index (χ1v) is 6.45. The second-order valence-corrected chi connectivity index (χ2v) is 4.94. The molecule has 102 valence electrons. The second kappa shape index (κ2) is 5.79. The first-order valence-electron chi connectivity index (χ1n) is 6.45. The van der Waals surface area contributed by atoms with Crippen molar-refractivity contribution >= 4 is 17.3 Å². The van der Waals surface area contributed by atoms with Crippen LogP contribution in [-0.4, -0.2) is 30.5 Å². The van der Waals surface area contributed by atoms with Crippen molar-refractivity contribution in [2.24, 2.45) is 0 Å². The Kier molecular flexibility index (Phi) is 4.11. The van der Waals surface area contributed by atoms with Crippen molar-refractivity contribution in [2.45, 2.75) is 19.8 Å². The Morgan fingerprint density at radius 2 is 2.11 bits per heavy atom. The number of hydrogen-bond acceptors (Lipinski definition) is 3. The summed E-state index contributed by atoms with van der Waals surface area (Å²) >= 11 is 0. The van der Waals surface area contributed by atoms with Gasteiger partial charge in [0.1, 0.15) is 0 Å². The topological polar surface area (TPSA) is 76.7 Å². The third-order valence-corrected chi connectivity index (χ3v) is 3.43. The molecule has 1 aromatic rings. The highest BCUT2D eigenvalue weighted by Crippen LogP contribution is 2.21. The van der Waals surface area contributed by atoms with Crippen molar-refractivity contribution in [3.05, 3.63) is 33.9 Å². The van der Waals surface area contributed by atoms with Gasteiger partial charge in [-0.25, -0.2) is 0 Å². The minimum Gasteiger partial charge on any atom is -0.327 e. The summed E-state index contributed by atoms with van der Waals surface area (Å²) < 4.78 is 0. The maximum absolute atomic E-state index is 11.9. The fourth-order valence-corrected chi connectivity index (χ4v) is 2.33. The maximum Gasteiger partial charge on any atom is 0.279 e. The molecule has 0 aliphatic carbocycles. The van der Waals surface area contributed by atoms with Gasteiger partial charge in [-0.15, -0.1) is 0 Å². The Morgan fingerprint density at radius 3 is 2.74 bits per heavy atom. The van der Waals surface area contributed by atoms with Crippen LogP contribution in [0.5, 0.6) is 0 Å². The van der Waals surface area contributed by atoms with E-state index < -0.39 is 4.92 Å². The largest absolute Gasteiger partial charge is 0.327 e. The number of nitro benzene ring substituents is 1. The number of non-ortho nitro benzene ring substituents is 1. The first-order chi connectivity index (χ1) is 9.06. The number of hydrogen-bond donors (Lipinski definition) is 2. The number of carbonyl (C=O) groups excluding carboxylic acids is 1. The zero-order valence-electron chi connectivity index (χ0n) is 10.9. The zero-order valence-corrected chi connectivity index (χ0v) is 10.9. The van der Waals surface area contributed by atoms with Crippen LogP contribution in [0.4, 0.5) is 11.4 Å². The van der Waals surface area contributed by atoms with Gasteiger partial charge in [0.05, 0.1) is 23.7 Å². The molecule has 19 heavy (non-hydrogen) atoms. The molecule has 1 aliphatic rings. The number of nitrogens with one attached hydrogen (secondary N) is 2. The van der Waals surface area contributed by atoms with Crippen molar-refractivity contribution in [1.82, 2.24) is 0 Å². The number of rotatable bonds is 4. The predicted molar refractivity (Wildman–Crippen MR) is 71.3 cm³/mol. The van der Waals surface area contributed by atoms with Gasteiger partial charge in [-0.3, -0.25) is 14.9 Å². The predicted octanol–water partition coefficient (Wildman–Crippen LogP) is 0.520. The molecule has 2 N–H and O–H groups in total. The van der Waals surface area contributed by atoms with E-state index in [9.17, 15) is 14.9 Å². The van der Waals surface area contributed by atoms with Crippen LogP contribution < -0.4 is 10.2 Å². The number of likely N-dealkylation sites (tertiary alicyclic amines) is 1. The van der Waals surface area contributed by atoms with E-state index in [1.807, 2.05) is 6.92 Å². The lowest BCUT2D eigenvalue weighted by Crippen LogP contribution is -3.11. The molecule has 1 amide bonds. The van der Waals surface area contributed by atoms with Crippen molar-refractivity contribution < 1.29 is 14.6 Å². The van der Waals surface area contributed by atoms with E-state index in [1.165, 1.54) is 29.9 Å². The van der Waals surface area contributed by atoms with Crippen molar-refractivity contribution in [3.8, 4) is 0 Å². The number of amides is 1. The van der Waals surface area contributed by atoms with E-state index in [0.29, 0.717) is 12.2 Å². The molecule has 0 radical (unpaired) electrons. The van der Waals surface area contributed by atoms with Crippen LogP contribution in [0.2, 0.25) is 0 Å². The molecule has 1 aromatic carbocycles. The van der Waals surface area contributed by atoms with Crippen molar-refractivity contribution in [2.75, 3.05) is 25.0 Å². The Hall–Kier alpha value is -1.95. The maximum atomic E-state index is 11.9. The summed E-state index contributed by atoms with van der Waals surface area (Å²) in [6.45, 7) is 4.31. The summed E-state index contributed by atoms with van der Waals surface area (Å²) in [4.78, 5) is 23.4. The van der Waals surface area contributed by atoms with Gasteiger partial charge in [0.25, 0.3) is 11.6 Å². The third-order valence-electron chi connectivity index (χ3n) is 3.43. The molecule has 1 fully saturated rings. The van der Waals surface area contributed by atoms with E-state index >= 15 is 0 Å². The molecule has 1 aliphatic heterocycles. The van der Waals surface area contributed by atoms with Crippen LogP contribution in [0.1, 0.15) is 18.4 Å². The number of aryl methyl sites for hydroxylation is 1. The standard InChI is InChI=1S/C13H17N3O3/c1-10-4-5-11(16(18)19)8-12(10)14-13(17)9-15-6-2-3-7-15/h4-5,8H,2-3,6-7,9H2,1H3,(H,14,17)/p+1. The number of carbonyl (C=O) groups is 1. The molecule has 0 saturated carbocycles. The molecule has 0 atom stereocenters. The van der Waals surface area contributed by atoms with Gasteiger partial charge in [-0.2, -0.15) is 0 Å². The van der Waals surface area contributed by atoms with Gasteiger partial charge >= 0.3 is 0 Å². The summed E-state index contributed by atoms with van der Waals surface area (Å²) in [6, 6.07) is 4.50. The van der Waals surface area contributed by atoms with E-state index in [0.717, 1.165) is 18.7 Å². The third kappa shape index (κ3) is 3.51. The fourth-order valence-electron chi connectivity index (χ4n) is 2.33. The van der Waals surface area contributed by atoms with E-state index in [1.54, 1.807) is 6.07 Å². The normalized spacial score (nSPS) is 15.4. The highest BCUT2D eigenvalue weighted by atomic mass is 16.6. The lowest BCUT2D eigenvalue weighted by atomic mass is 10.2. The Bertz CT molecular complexity index is 496. The molecule has 6 heteroatoms. The van der Waals surface area contributed by atoms with Crippen LogP contribution in [0, 0.1) is 17.0 Å². The summed E-state index contributed by atoms with van der Waals surface area (Å²) in [5, 5.41) is 13.5. The lowest BCUT2D eigenvalue weighted by molar-refractivity contribution is -0.878. The molecule has 6 nitrogen and oxygen atoms in total. The van der Waals surface area contributed by atoms with Gasteiger partial charge in [0.2, 0.25) is 0 Å². The van der Waals surface area contributed by atoms with Crippen LogP contribution >= 0.6 is 0 Å². The molecule has 0 aromatic heterocycles. The zero-order chi connectivity index (χ0) is 13.8. The van der Waals surface area contributed by atoms with E-state index in [4.69, 9.17) is 0 Å². The van der Waals surface area contributed by atoms with Crippen molar-refractivity contribution in [3.63, 3.8) is 0 Å². The van der Waals surface area contributed by atoms with Gasteiger partial charge in [-0.05, 0) is 12.5 Å². The van der Waals surface area contributed by atoms with E-state index in [2.05, 4.69) is 5.32 Å². The minimum atomic E-state index is -0.458. The lowest BCUT2D eigenvalue weighted by Gasteiger charge is -2.12. The average Bonchev–Trinajstić information content (AvgIpc) is 2.84. The molecule has 1 saturated heterocycles. The smallest absolute Gasteiger partial charge is 0.279 e. The van der Waals surface area contributed by atoms with E-state index in [-0.39, 0.29) is 11.6 Å². The molecular weight excluding hydrogens is 246 g/mol. The van der Waals surface area contributed by atoms with Gasteiger partial charge in [0.15, 0.2) is 6.54 Å². The Morgan fingerprint density at radius 1 is 1.42 bits per heavy atom. The molecule has 1 heterocycles. The minimum absolute atomic E-state index is 0.00517. The highest BCUT2D eigenvalue weighted by molar-refractivity contribution is 5.92. The summed E-state index contributed by atoms with van der Waals surface area (Å²) in [5.74, 6) is -0.0829. The van der Waals surface area contributed by atoms with Gasteiger partial charge in [-0.1, -0.05) is 6.07 Å². The summed E-state index contributed by atoms with van der Waals surface area (Å²) in [7, 11) is 0. The number of nitro groups is 1. The van der Waals surface area contributed by atoms with Crippen LogP contribution in [-0.2, 0) is 4.79 Å². The SMILES string of the molecule is Cc1ccc([N+](=O)[O-])cc1NC(=O)C[NH+]1CCCC1. The molecule has 0 bridgehead atoms. The number of quaternary nitrogens is 1. The van der Waals surface area contributed by atoms with Crippen molar-refractivity contribution in [1.29, 1.82) is 0 Å². The molecule has 2 rings (SSSR count). The van der Waals surface area contributed by atoms with Gasteiger partial charge in [0, 0.05) is 25.0 Å².